The van der Waals surface area contributed by atoms with E-state index < -0.39 is 5.97 Å². The molecule has 2 heterocycles. The number of carbonyl (C=O) groups is 2. The van der Waals surface area contributed by atoms with E-state index in [1.807, 2.05) is 6.92 Å². The fraction of sp³-hybridized carbons (Fsp3) is 0.500. The molecule has 1 aliphatic heterocycles. The lowest BCUT2D eigenvalue weighted by Gasteiger charge is -2.10. The minimum Gasteiger partial charge on any atom is -0.462 e. The third kappa shape index (κ3) is 3.49. The Labute approximate surface area is 120 Å². The Hall–Kier alpha value is -1.05. The molecule has 2 N–H and O–H groups in total. The van der Waals surface area contributed by atoms with Crippen LogP contribution in [0.2, 0.25) is 0 Å². The molecule has 0 aromatic carbocycles. The van der Waals surface area contributed by atoms with E-state index in [0.717, 1.165) is 16.5 Å². The van der Waals surface area contributed by atoms with Gasteiger partial charge in [-0.25, -0.2) is 4.79 Å². The van der Waals surface area contributed by atoms with Gasteiger partial charge in [-0.2, -0.15) is 0 Å². The van der Waals surface area contributed by atoms with Gasteiger partial charge in [-0.05, 0) is 19.9 Å². The van der Waals surface area contributed by atoms with Crippen molar-refractivity contribution in [3.05, 3.63) is 16.5 Å². The number of rotatable bonds is 4. The third-order valence-corrected chi connectivity index (χ3v) is 4.53. The van der Waals surface area contributed by atoms with Crippen molar-refractivity contribution >= 4 is 40.0 Å². The Balaban J connectivity index is 2.10. The number of hydrogen-bond donors (Lipinski definition) is 2. The smallest absolute Gasteiger partial charge is 0.341 e. The van der Waals surface area contributed by atoms with Crippen LogP contribution in [-0.2, 0) is 9.53 Å². The van der Waals surface area contributed by atoms with Gasteiger partial charge in [0.05, 0.1) is 18.2 Å². The Kier molecular flexibility index (Phi) is 4.84. The summed E-state index contributed by atoms with van der Waals surface area (Å²) in [7, 11) is 0. The quantitative estimate of drug-likeness (QED) is 0.831. The van der Waals surface area contributed by atoms with Crippen LogP contribution >= 0.6 is 23.1 Å². The van der Waals surface area contributed by atoms with E-state index in [9.17, 15) is 9.59 Å². The van der Waals surface area contributed by atoms with Crippen LogP contribution in [0.4, 0.5) is 5.00 Å². The first kappa shape index (κ1) is 14.4. The number of carbonyl (C=O) groups excluding carboxylic acids is 2. The normalized spacial score (nSPS) is 18.3. The number of amides is 1. The van der Waals surface area contributed by atoms with Crippen LogP contribution < -0.4 is 10.6 Å². The van der Waals surface area contributed by atoms with Crippen LogP contribution in [0, 0.1) is 6.92 Å². The third-order valence-electron chi connectivity index (χ3n) is 2.62. The molecule has 1 aromatic heterocycles. The molecule has 104 valence electrons. The summed E-state index contributed by atoms with van der Waals surface area (Å²) in [5.74, 6) is 1.05. The lowest BCUT2D eigenvalue weighted by molar-refractivity contribution is -0.117. The summed E-state index contributed by atoms with van der Waals surface area (Å²) in [5, 5.41) is 6.48. The number of hydrogen-bond acceptors (Lipinski definition) is 6. The van der Waals surface area contributed by atoms with E-state index in [4.69, 9.17) is 4.74 Å². The van der Waals surface area contributed by atoms with Crippen molar-refractivity contribution in [2.75, 3.05) is 23.6 Å². The van der Waals surface area contributed by atoms with Crippen molar-refractivity contribution in [1.82, 2.24) is 5.32 Å². The van der Waals surface area contributed by atoms with E-state index in [0.29, 0.717) is 17.2 Å². The van der Waals surface area contributed by atoms with Gasteiger partial charge in [0.1, 0.15) is 5.00 Å². The van der Waals surface area contributed by atoms with Gasteiger partial charge < -0.3 is 10.1 Å². The van der Waals surface area contributed by atoms with Gasteiger partial charge in [-0.1, -0.05) is 0 Å². The van der Waals surface area contributed by atoms with Gasteiger partial charge in [0.2, 0.25) is 5.91 Å². The zero-order valence-corrected chi connectivity index (χ0v) is 12.5. The Morgan fingerprint density at radius 3 is 3.00 bits per heavy atom. The van der Waals surface area contributed by atoms with Crippen molar-refractivity contribution in [2.45, 2.75) is 19.9 Å². The molecule has 1 fully saturated rings. The maximum Gasteiger partial charge on any atom is 0.341 e. The molecule has 0 bridgehead atoms. The Morgan fingerprint density at radius 2 is 2.37 bits per heavy atom. The molecule has 0 radical (unpaired) electrons. The van der Waals surface area contributed by atoms with Crippen molar-refractivity contribution in [3.63, 3.8) is 0 Å². The average molecular weight is 300 g/mol. The van der Waals surface area contributed by atoms with Crippen LogP contribution in [0.3, 0.4) is 0 Å². The lowest BCUT2D eigenvalue weighted by Crippen LogP contribution is -2.37. The van der Waals surface area contributed by atoms with E-state index in [-0.39, 0.29) is 11.9 Å². The zero-order valence-electron chi connectivity index (χ0n) is 10.8. The lowest BCUT2D eigenvalue weighted by atomic mass is 10.2. The minimum atomic E-state index is -0.393. The maximum absolute atomic E-state index is 12.0. The summed E-state index contributed by atoms with van der Waals surface area (Å²) >= 11 is 3.07. The van der Waals surface area contributed by atoms with E-state index in [1.165, 1.54) is 11.3 Å². The highest BCUT2D eigenvalue weighted by Gasteiger charge is 2.25. The predicted octanol–water partition coefficient (Wildman–Crippen LogP) is 1.83. The molecule has 7 heteroatoms. The highest BCUT2D eigenvalue weighted by molar-refractivity contribution is 7.99. The van der Waals surface area contributed by atoms with Gasteiger partial charge in [-0.15, -0.1) is 23.1 Å². The van der Waals surface area contributed by atoms with Crippen LogP contribution in [-0.4, -0.2) is 36.2 Å². The maximum atomic E-state index is 12.0. The molecular weight excluding hydrogens is 284 g/mol. The molecule has 0 spiro atoms. The van der Waals surface area contributed by atoms with Gasteiger partial charge >= 0.3 is 5.97 Å². The second kappa shape index (κ2) is 6.40. The van der Waals surface area contributed by atoms with Crippen LogP contribution in [0.1, 0.15) is 22.2 Å². The molecule has 0 saturated carbocycles. The van der Waals surface area contributed by atoms with Gasteiger partial charge in [0.15, 0.2) is 0 Å². The molecule has 1 saturated heterocycles. The summed E-state index contributed by atoms with van der Waals surface area (Å²) in [6, 6.07) is 1.55. The van der Waals surface area contributed by atoms with E-state index >= 15 is 0 Å². The highest BCUT2D eigenvalue weighted by atomic mass is 32.2. The molecule has 0 aliphatic carbocycles. The standard InChI is InChI=1S/C12H16N2O3S2/c1-3-17-12(16)8-4-7(2)19-11(8)14-10(15)9-5-18-6-13-9/h4,9,13H,3,5-6H2,1-2H3,(H,14,15). The average Bonchev–Trinajstić information content (AvgIpc) is 2.98. The molecule has 1 unspecified atom stereocenters. The van der Waals surface area contributed by atoms with Crippen LogP contribution in [0.15, 0.2) is 6.07 Å². The van der Waals surface area contributed by atoms with Gasteiger partial charge in [0.25, 0.3) is 0 Å². The summed E-state index contributed by atoms with van der Waals surface area (Å²) < 4.78 is 4.99. The van der Waals surface area contributed by atoms with Crippen molar-refractivity contribution in [3.8, 4) is 0 Å². The summed E-state index contributed by atoms with van der Waals surface area (Å²) in [5.41, 5.74) is 0.434. The van der Waals surface area contributed by atoms with Gasteiger partial charge in [-0.3, -0.25) is 10.1 Å². The monoisotopic (exact) mass is 300 g/mol. The topological polar surface area (TPSA) is 67.4 Å². The summed E-state index contributed by atoms with van der Waals surface area (Å²) in [6.07, 6.45) is 0. The molecule has 19 heavy (non-hydrogen) atoms. The number of anilines is 1. The first-order valence-electron chi connectivity index (χ1n) is 6.01. The number of thioether (sulfide) groups is 1. The fourth-order valence-electron chi connectivity index (χ4n) is 1.73. The Bertz CT molecular complexity index is 481. The molecule has 1 aliphatic rings. The van der Waals surface area contributed by atoms with E-state index in [1.54, 1.807) is 24.8 Å². The number of esters is 1. The molecular formula is C12H16N2O3S2. The SMILES string of the molecule is CCOC(=O)c1cc(C)sc1NC(=O)C1CSCN1. The number of nitrogens with one attached hydrogen (secondary N) is 2. The van der Waals surface area contributed by atoms with Crippen molar-refractivity contribution in [2.24, 2.45) is 0 Å². The fourth-order valence-corrected chi connectivity index (χ4v) is 3.57. The van der Waals surface area contributed by atoms with Gasteiger partial charge in [0, 0.05) is 16.5 Å². The largest absolute Gasteiger partial charge is 0.462 e. The summed E-state index contributed by atoms with van der Waals surface area (Å²) in [6.45, 7) is 3.98. The first-order valence-corrected chi connectivity index (χ1v) is 7.98. The van der Waals surface area contributed by atoms with Crippen LogP contribution in [0.5, 0.6) is 0 Å². The molecule has 1 atom stereocenters. The minimum absolute atomic E-state index is 0.0996. The van der Waals surface area contributed by atoms with Crippen molar-refractivity contribution in [1.29, 1.82) is 0 Å². The second-order valence-corrected chi connectivity index (χ2v) is 6.37. The molecule has 1 amide bonds. The second-order valence-electron chi connectivity index (χ2n) is 4.08. The predicted molar refractivity (Wildman–Crippen MR) is 77.9 cm³/mol. The van der Waals surface area contributed by atoms with E-state index in [2.05, 4.69) is 10.6 Å². The molecule has 5 nitrogen and oxygen atoms in total. The van der Waals surface area contributed by atoms with Crippen LogP contribution in [0.25, 0.3) is 0 Å². The number of thiophene rings is 1. The van der Waals surface area contributed by atoms with Crippen molar-refractivity contribution < 1.29 is 14.3 Å². The first-order chi connectivity index (χ1) is 9.11. The zero-order chi connectivity index (χ0) is 13.8. The molecule has 2 rings (SSSR count). The molecule has 1 aromatic rings. The Morgan fingerprint density at radius 1 is 1.58 bits per heavy atom. The summed E-state index contributed by atoms with van der Waals surface area (Å²) in [4.78, 5) is 24.8. The highest BCUT2D eigenvalue weighted by Crippen LogP contribution is 2.28. The number of ether oxygens (including phenoxy) is 1. The number of aryl methyl sites for hydroxylation is 1.